The molecule has 1 aromatic carbocycles. The smallest absolute Gasteiger partial charge is 0.0712 e. The maximum atomic E-state index is 9.50. The molecule has 0 saturated heterocycles. The molecule has 18 heavy (non-hydrogen) atoms. The third kappa shape index (κ3) is 3.18. The number of aliphatic hydroxyl groups is 1. The van der Waals surface area contributed by atoms with Gasteiger partial charge in [-0.1, -0.05) is 25.1 Å². The van der Waals surface area contributed by atoms with E-state index in [1.807, 2.05) is 31.3 Å². The second-order valence-electron chi connectivity index (χ2n) is 4.31. The highest BCUT2D eigenvalue weighted by Crippen LogP contribution is 2.21. The number of para-hydroxylation sites is 1. The first-order valence-corrected chi connectivity index (χ1v) is 7.21. The summed E-state index contributed by atoms with van der Waals surface area (Å²) < 4.78 is 1.23. The summed E-state index contributed by atoms with van der Waals surface area (Å²) in [5.74, 6) is 0. The number of fused-ring (bicyclic) bond motifs is 1. The van der Waals surface area contributed by atoms with Crippen molar-refractivity contribution in [2.45, 2.75) is 26.0 Å². The molecule has 1 aromatic heterocycles. The molecule has 0 saturated carbocycles. The van der Waals surface area contributed by atoms with E-state index >= 15 is 0 Å². The zero-order valence-electron chi connectivity index (χ0n) is 10.4. The van der Waals surface area contributed by atoms with Crippen molar-refractivity contribution in [2.75, 3.05) is 6.54 Å². The molecule has 2 aromatic rings. The molecular weight excluding hydrogens is 339 g/mol. The molecule has 0 bridgehead atoms. The average molecular weight is 356 g/mol. The lowest BCUT2D eigenvalue weighted by Crippen LogP contribution is -2.26. The van der Waals surface area contributed by atoms with Crippen LogP contribution in [-0.4, -0.2) is 22.7 Å². The van der Waals surface area contributed by atoms with Gasteiger partial charge in [0.25, 0.3) is 0 Å². The average Bonchev–Trinajstić information content (AvgIpc) is 2.41. The van der Waals surface area contributed by atoms with E-state index in [1.54, 1.807) is 0 Å². The second-order valence-corrected chi connectivity index (χ2v) is 5.39. The predicted molar refractivity (Wildman–Crippen MR) is 82.5 cm³/mol. The first-order chi connectivity index (χ1) is 8.72. The summed E-state index contributed by atoms with van der Waals surface area (Å²) in [6, 6.07) is 8.15. The zero-order chi connectivity index (χ0) is 13.0. The van der Waals surface area contributed by atoms with Gasteiger partial charge >= 0.3 is 0 Å². The Morgan fingerprint density at radius 2 is 2.17 bits per heavy atom. The van der Waals surface area contributed by atoms with Gasteiger partial charge in [0.1, 0.15) is 0 Å². The van der Waals surface area contributed by atoms with Gasteiger partial charge in [0, 0.05) is 28.2 Å². The lowest BCUT2D eigenvalue weighted by atomic mass is 10.1. The summed E-state index contributed by atoms with van der Waals surface area (Å²) in [5, 5.41) is 13.9. The molecule has 96 valence electrons. The van der Waals surface area contributed by atoms with Crippen molar-refractivity contribution in [2.24, 2.45) is 0 Å². The van der Waals surface area contributed by atoms with Crippen molar-refractivity contribution >= 4 is 33.5 Å². The summed E-state index contributed by atoms with van der Waals surface area (Å²) in [4.78, 5) is 4.45. The van der Waals surface area contributed by atoms with Crippen molar-refractivity contribution in [1.82, 2.24) is 10.3 Å². The van der Waals surface area contributed by atoms with Crippen LogP contribution in [0, 0.1) is 3.57 Å². The minimum atomic E-state index is -0.268. The number of benzene rings is 1. The largest absolute Gasteiger partial charge is 0.392 e. The van der Waals surface area contributed by atoms with E-state index in [2.05, 4.69) is 39.0 Å². The molecule has 0 fully saturated rings. The molecule has 3 nitrogen and oxygen atoms in total. The highest BCUT2D eigenvalue weighted by atomic mass is 127. The fourth-order valence-electron chi connectivity index (χ4n) is 1.79. The van der Waals surface area contributed by atoms with Gasteiger partial charge in [-0.3, -0.25) is 4.98 Å². The van der Waals surface area contributed by atoms with Crippen LogP contribution in [0.3, 0.4) is 0 Å². The molecule has 2 N–H and O–H groups in total. The van der Waals surface area contributed by atoms with E-state index in [0.29, 0.717) is 6.54 Å². The maximum absolute atomic E-state index is 9.50. The van der Waals surface area contributed by atoms with E-state index < -0.39 is 0 Å². The Labute approximate surface area is 121 Å². The van der Waals surface area contributed by atoms with Gasteiger partial charge in [-0.2, -0.15) is 0 Å². The second kappa shape index (κ2) is 6.45. The van der Waals surface area contributed by atoms with E-state index in [1.165, 1.54) is 14.5 Å². The Bertz CT molecular complexity index is 530. The number of aromatic nitrogens is 1. The maximum Gasteiger partial charge on any atom is 0.0712 e. The highest BCUT2D eigenvalue weighted by molar-refractivity contribution is 14.1. The molecule has 1 atom stereocenters. The number of rotatable bonds is 5. The van der Waals surface area contributed by atoms with Crippen LogP contribution in [0.2, 0.25) is 0 Å². The third-order valence-corrected chi connectivity index (χ3v) is 4.22. The van der Waals surface area contributed by atoms with Crippen LogP contribution in [0.25, 0.3) is 10.9 Å². The van der Waals surface area contributed by atoms with E-state index in [0.717, 1.165) is 18.5 Å². The topological polar surface area (TPSA) is 45.1 Å². The normalized spacial score (nSPS) is 12.8. The van der Waals surface area contributed by atoms with Crippen molar-refractivity contribution in [3.05, 3.63) is 39.6 Å². The van der Waals surface area contributed by atoms with Gasteiger partial charge in [-0.05, 0) is 40.6 Å². The van der Waals surface area contributed by atoms with Crippen LogP contribution < -0.4 is 5.32 Å². The molecule has 0 aliphatic carbocycles. The van der Waals surface area contributed by atoms with Crippen molar-refractivity contribution < 1.29 is 5.11 Å². The number of nitrogens with one attached hydrogen (secondary N) is 1. The Hall–Kier alpha value is -0.720. The Balaban J connectivity index is 2.12. The van der Waals surface area contributed by atoms with Crippen LogP contribution in [0.5, 0.6) is 0 Å². The summed E-state index contributed by atoms with van der Waals surface area (Å²) in [6.45, 7) is 3.35. The SMILES string of the molecule is CC[C@@H](O)CNCc1cnc2ccccc2c1I. The van der Waals surface area contributed by atoms with Gasteiger partial charge in [-0.15, -0.1) is 0 Å². The molecule has 0 unspecified atom stereocenters. The van der Waals surface area contributed by atoms with Gasteiger partial charge in [0.2, 0.25) is 0 Å². The van der Waals surface area contributed by atoms with Crippen LogP contribution in [-0.2, 0) is 6.54 Å². The quantitative estimate of drug-likeness (QED) is 0.810. The summed E-state index contributed by atoms with van der Waals surface area (Å²) in [7, 11) is 0. The molecular formula is C14H17IN2O. The molecule has 2 rings (SSSR count). The van der Waals surface area contributed by atoms with Gasteiger partial charge in [0.15, 0.2) is 0 Å². The standard InChI is InChI=1S/C14H17IN2O/c1-2-11(18)9-16-7-10-8-17-13-6-4-3-5-12(13)14(10)15/h3-6,8,11,16,18H,2,7,9H2,1H3/t11-/m1/s1. The number of halogens is 1. The van der Waals surface area contributed by atoms with Crippen molar-refractivity contribution in [3.8, 4) is 0 Å². The van der Waals surface area contributed by atoms with Crippen LogP contribution in [0.15, 0.2) is 30.5 Å². The van der Waals surface area contributed by atoms with Crippen LogP contribution >= 0.6 is 22.6 Å². The molecule has 1 heterocycles. The first-order valence-electron chi connectivity index (χ1n) is 6.13. The van der Waals surface area contributed by atoms with Gasteiger partial charge in [-0.25, -0.2) is 0 Å². The third-order valence-electron chi connectivity index (χ3n) is 2.95. The molecule has 0 radical (unpaired) electrons. The Kier molecular flexibility index (Phi) is 4.91. The number of hydrogen-bond donors (Lipinski definition) is 2. The Morgan fingerprint density at radius 3 is 2.94 bits per heavy atom. The molecule has 0 amide bonds. The van der Waals surface area contributed by atoms with Crippen LogP contribution in [0.4, 0.5) is 0 Å². The highest BCUT2D eigenvalue weighted by Gasteiger charge is 2.06. The van der Waals surface area contributed by atoms with E-state index in [4.69, 9.17) is 0 Å². The number of pyridine rings is 1. The monoisotopic (exact) mass is 356 g/mol. The van der Waals surface area contributed by atoms with Crippen molar-refractivity contribution in [3.63, 3.8) is 0 Å². The van der Waals surface area contributed by atoms with Crippen molar-refractivity contribution in [1.29, 1.82) is 0 Å². The van der Waals surface area contributed by atoms with Gasteiger partial charge in [0.05, 0.1) is 11.6 Å². The molecule has 0 aliphatic heterocycles. The molecule has 0 aliphatic rings. The van der Waals surface area contributed by atoms with E-state index in [-0.39, 0.29) is 6.10 Å². The lowest BCUT2D eigenvalue weighted by molar-refractivity contribution is 0.167. The fourth-order valence-corrected chi connectivity index (χ4v) is 2.58. The predicted octanol–water partition coefficient (Wildman–Crippen LogP) is 2.70. The molecule has 4 heteroatoms. The summed E-state index contributed by atoms with van der Waals surface area (Å²) >= 11 is 2.36. The summed E-state index contributed by atoms with van der Waals surface area (Å²) in [6.07, 6.45) is 2.42. The number of aliphatic hydroxyl groups excluding tert-OH is 1. The minimum Gasteiger partial charge on any atom is -0.392 e. The zero-order valence-corrected chi connectivity index (χ0v) is 12.5. The first kappa shape index (κ1) is 13.7. The fraction of sp³-hybridized carbons (Fsp3) is 0.357. The summed E-state index contributed by atoms with van der Waals surface area (Å²) in [5.41, 5.74) is 2.21. The lowest BCUT2D eigenvalue weighted by Gasteiger charge is -2.11. The van der Waals surface area contributed by atoms with E-state index in [9.17, 15) is 5.11 Å². The number of nitrogens with zero attached hydrogens (tertiary/aromatic N) is 1. The van der Waals surface area contributed by atoms with Gasteiger partial charge < -0.3 is 10.4 Å². The number of hydrogen-bond acceptors (Lipinski definition) is 3. The Morgan fingerprint density at radius 1 is 1.39 bits per heavy atom. The minimum absolute atomic E-state index is 0.268. The van der Waals surface area contributed by atoms with Crippen LogP contribution in [0.1, 0.15) is 18.9 Å². The molecule has 0 spiro atoms.